The van der Waals surface area contributed by atoms with Gasteiger partial charge in [-0.15, -0.1) is 0 Å². The number of hydrogen-bond donors (Lipinski definition) is 1. The molecule has 1 heterocycles. The minimum absolute atomic E-state index is 0.0821. The number of aliphatic hydroxyl groups excluding tert-OH is 1. The number of fused-ring (bicyclic) bond motifs is 1. The lowest BCUT2D eigenvalue weighted by atomic mass is 10.2. The predicted octanol–water partition coefficient (Wildman–Crippen LogP) is 0.870. The maximum atomic E-state index is 12.0. The Bertz CT molecular complexity index is 419. The van der Waals surface area contributed by atoms with Crippen LogP contribution in [0.4, 0.5) is 0 Å². The van der Waals surface area contributed by atoms with E-state index in [1.54, 1.807) is 30.1 Å². The second-order valence-electron chi connectivity index (χ2n) is 3.87. The first-order chi connectivity index (χ1) is 8.22. The van der Waals surface area contributed by atoms with Crippen LogP contribution in [0, 0.1) is 0 Å². The summed E-state index contributed by atoms with van der Waals surface area (Å²) in [6.45, 7) is 0.815. The Labute approximate surface area is 99.6 Å². The van der Waals surface area contributed by atoms with E-state index in [2.05, 4.69) is 0 Å². The van der Waals surface area contributed by atoms with E-state index in [0.717, 1.165) is 0 Å². The summed E-state index contributed by atoms with van der Waals surface area (Å²) >= 11 is 0. The summed E-state index contributed by atoms with van der Waals surface area (Å²) in [5.74, 6) is 1.18. The van der Waals surface area contributed by atoms with Gasteiger partial charge in [-0.25, -0.2) is 0 Å². The number of aliphatic hydroxyl groups is 1. The lowest BCUT2D eigenvalue weighted by Gasteiger charge is -2.16. The Balaban J connectivity index is 2.09. The largest absolute Gasteiger partial charge is 0.454 e. The summed E-state index contributed by atoms with van der Waals surface area (Å²) in [5.41, 5.74) is 0.565. The van der Waals surface area contributed by atoms with Crippen molar-refractivity contribution >= 4 is 5.91 Å². The summed E-state index contributed by atoms with van der Waals surface area (Å²) in [4.78, 5) is 13.6. The number of benzene rings is 1. The second-order valence-corrected chi connectivity index (χ2v) is 3.87. The topological polar surface area (TPSA) is 59.0 Å². The van der Waals surface area contributed by atoms with E-state index >= 15 is 0 Å². The van der Waals surface area contributed by atoms with E-state index in [0.29, 0.717) is 30.0 Å². The van der Waals surface area contributed by atoms with Crippen molar-refractivity contribution in [2.24, 2.45) is 0 Å². The molecule has 1 aliphatic rings. The molecule has 2 rings (SSSR count). The van der Waals surface area contributed by atoms with Crippen LogP contribution in [0.2, 0.25) is 0 Å². The Morgan fingerprint density at radius 1 is 1.41 bits per heavy atom. The predicted molar refractivity (Wildman–Crippen MR) is 61.2 cm³/mol. The number of amides is 1. The highest BCUT2D eigenvalue weighted by Gasteiger charge is 2.17. The molecule has 0 aliphatic carbocycles. The Morgan fingerprint density at radius 2 is 2.18 bits per heavy atom. The van der Waals surface area contributed by atoms with Gasteiger partial charge in [0.15, 0.2) is 11.5 Å². The molecular weight excluding hydrogens is 222 g/mol. The highest BCUT2D eigenvalue weighted by molar-refractivity contribution is 5.94. The number of nitrogens with zero attached hydrogens (tertiary/aromatic N) is 1. The van der Waals surface area contributed by atoms with E-state index < -0.39 is 0 Å². The molecule has 0 aromatic heterocycles. The molecule has 92 valence electrons. The Hall–Kier alpha value is -1.75. The van der Waals surface area contributed by atoms with Crippen molar-refractivity contribution in [1.82, 2.24) is 4.90 Å². The maximum Gasteiger partial charge on any atom is 0.253 e. The molecule has 0 unspecified atom stereocenters. The maximum absolute atomic E-state index is 12.0. The quantitative estimate of drug-likeness (QED) is 0.844. The van der Waals surface area contributed by atoms with Gasteiger partial charge in [0.25, 0.3) is 5.91 Å². The van der Waals surface area contributed by atoms with E-state index in [1.165, 1.54) is 0 Å². The highest BCUT2D eigenvalue weighted by atomic mass is 16.7. The molecule has 0 radical (unpaired) electrons. The highest BCUT2D eigenvalue weighted by Crippen LogP contribution is 2.32. The first kappa shape index (κ1) is 11.7. The van der Waals surface area contributed by atoms with Crippen molar-refractivity contribution in [2.75, 3.05) is 27.0 Å². The zero-order valence-corrected chi connectivity index (χ0v) is 9.68. The smallest absolute Gasteiger partial charge is 0.253 e. The van der Waals surface area contributed by atoms with Crippen molar-refractivity contribution in [1.29, 1.82) is 0 Å². The fraction of sp³-hybridized carbons (Fsp3) is 0.417. The third-order valence-electron chi connectivity index (χ3n) is 2.62. The third kappa shape index (κ3) is 2.50. The molecule has 1 aromatic carbocycles. The van der Waals surface area contributed by atoms with Crippen LogP contribution in [0.25, 0.3) is 0 Å². The van der Waals surface area contributed by atoms with Gasteiger partial charge in [-0.1, -0.05) is 0 Å². The zero-order valence-electron chi connectivity index (χ0n) is 9.68. The molecule has 0 bridgehead atoms. The van der Waals surface area contributed by atoms with E-state index in [4.69, 9.17) is 14.6 Å². The van der Waals surface area contributed by atoms with Crippen LogP contribution in [0.5, 0.6) is 11.5 Å². The number of carbonyl (C=O) groups is 1. The van der Waals surface area contributed by atoms with E-state index in [1.807, 2.05) is 0 Å². The van der Waals surface area contributed by atoms with E-state index in [9.17, 15) is 4.79 Å². The standard InChI is InChI=1S/C12H15NO4/c1-13(5-2-6-14)12(15)9-3-4-10-11(7-9)17-8-16-10/h3-4,7,14H,2,5-6,8H2,1H3. The first-order valence-electron chi connectivity index (χ1n) is 5.48. The van der Waals surface area contributed by atoms with Crippen molar-refractivity contribution in [3.05, 3.63) is 23.8 Å². The number of ether oxygens (including phenoxy) is 2. The Morgan fingerprint density at radius 3 is 2.94 bits per heavy atom. The average molecular weight is 237 g/mol. The molecular formula is C12H15NO4. The van der Waals surface area contributed by atoms with Crippen molar-refractivity contribution in [3.8, 4) is 11.5 Å². The second kappa shape index (κ2) is 5.05. The molecule has 17 heavy (non-hydrogen) atoms. The van der Waals surface area contributed by atoms with Gasteiger partial charge in [0.1, 0.15) is 0 Å². The van der Waals surface area contributed by atoms with Gasteiger partial charge < -0.3 is 19.5 Å². The molecule has 5 nitrogen and oxygen atoms in total. The minimum atomic E-state index is -0.0863. The van der Waals surface area contributed by atoms with Crippen molar-refractivity contribution < 1.29 is 19.4 Å². The average Bonchev–Trinajstić information content (AvgIpc) is 2.81. The SMILES string of the molecule is CN(CCCO)C(=O)c1ccc2c(c1)OCO2. The molecule has 5 heteroatoms. The fourth-order valence-electron chi connectivity index (χ4n) is 1.66. The molecule has 1 aromatic rings. The van der Waals surface area contributed by atoms with Gasteiger partial charge in [0.05, 0.1) is 0 Å². The number of carbonyl (C=O) groups excluding carboxylic acids is 1. The Kier molecular flexibility index (Phi) is 3.49. The summed E-state index contributed by atoms with van der Waals surface area (Å²) in [6.07, 6.45) is 0.576. The van der Waals surface area contributed by atoms with Crippen LogP contribution < -0.4 is 9.47 Å². The summed E-state index contributed by atoms with van der Waals surface area (Å²) in [6, 6.07) is 5.13. The molecule has 0 atom stereocenters. The number of hydrogen-bond acceptors (Lipinski definition) is 4. The van der Waals surface area contributed by atoms with Gasteiger partial charge >= 0.3 is 0 Å². The molecule has 1 N–H and O–H groups in total. The van der Waals surface area contributed by atoms with Gasteiger partial charge in [-0.05, 0) is 24.6 Å². The monoisotopic (exact) mass is 237 g/mol. The molecule has 0 fully saturated rings. The molecule has 1 aliphatic heterocycles. The van der Waals surface area contributed by atoms with Crippen LogP contribution in [0.3, 0.4) is 0 Å². The van der Waals surface area contributed by atoms with Crippen molar-refractivity contribution in [2.45, 2.75) is 6.42 Å². The molecule has 0 spiro atoms. The minimum Gasteiger partial charge on any atom is -0.454 e. The van der Waals surface area contributed by atoms with Crippen LogP contribution >= 0.6 is 0 Å². The summed E-state index contributed by atoms with van der Waals surface area (Å²) < 4.78 is 10.4. The van der Waals surface area contributed by atoms with Crippen molar-refractivity contribution in [3.63, 3.8) is 0 Å². The molecule has 0 saturated heterocycles. The third-order valence-corrected chi connectivity index (χ3v) is 2.62. The van der Waals surface area contributed by atoms with Gasteiger partial charge in [0.2, 0.25) is 6.79 Å². The van der Waals surface area contributed by atoms with Gasteiger partial charge in [0, 0.05) is 25.8 Å². The van der Waals surface area contributed by atoms with Gasteiger partial charge in [-0.2, -0.15) is 0 Å². The van der Waals surface area contributed by atoms with E-state index in [-0.39, 0.29) is 19.3 Å². The van der Waals surface area contributed by atoms with Crippen LogP contribution in [-0.4, -0.2) is 42.9 Å². The number of rotatable bonds is 4. The zero-order chi connectivity index (χ0) is 12.3. The van der Waals surface area contributed by atoms with Crippen LogP contribution in [-0.2, 0) is 0 Å². The summed E-state index contributed by atoms with van der Waals surface area (Å²) in [7, 11) is 1.71. The molecule has 1 amide bonds. The fourth-order valence-corrected chi connectivity index (χ4v) is 1.66. The normalized spacial score (nSPS) is 12.6. The van der Waals surface area contributed by atoms with Crippen LogP contribution in [0.1, 0.15) is 16.8 Å². The van der Waals surface area contributed by atoms with Gasteiger partial charge in [-0.3, -0.25) is 4.79 Å². The lowest BCUT2D eigenvalue weighted by molar-refractivity contribution is 0.0786. The summed E-state index contributed by atoms with van der Waals surface area (Å²) in [5, 5.41) is 8.72. The first-order valence-corrected chi connectivity index (χ1v) is 5.48. The van der Waals surface area contributed by atoms with Crippen LogP contribution in [0.15, 0.2) is 18.2 Å². The molecule has 0 saturated carbocycles. The lowest BCUT2D eigenvalue weighted by Crippen LogP contribution is -2.28.